The van der Waals surface area contributed by atoms with E-state index in [1.54, 1.807) is 0 Å². The molecule has 0 bridgehead atoms. The molecular formula is C10H22N2O. The molecule has 1 unspecified atom stereocenters. The highest BCUT2D eigenvalue weighted by Gasteiger charge is 2.10. The van der Waals surface area contributed by atoms with Crippen LogP contribution in [0.4, 0.5) is 0 Å². The Hall–Kier alpha value is -0.120. The zero-order chi connectivity index (χ0) is 9.52. The Kier molecular flexibility index (Phi) is 5.35. The second-order valence-corrected chi connectivity index (χ2v) is 3.70. The number of morpholine rings is 1. The lowest BCUT2D eigenvalue weighted by atomic mass is 10.2. The first-order valence-corrected chi connectivity index (χ1v) is 5.36. The molecule has 0 spiro atoms. The van der Waals surface area contributed by atoms with Gasteiger partial charge < -0.3 is 10.1 Å². The first kappa shape index (κ1) is 11.0. The van der Waals surface area contributed by atoms with Gasteiger partial charge in [0, 0.05) is 19.1 Å². The van der Waals surface area contributed by atoms with Crippen molar-refractivity contribution < 1.29 is 4.74 Å². The van der Waals surface area contributed by atoms with E-state index in [2.05, 4.69) is 24.1 Å². The zero-order valence-electron chi connectivity index (χ0n) is 8.88. The molecule has 1 fully saturated rings. The van der Waals surface area contributed by atoms with Crippen molar-refractivity contribution in [2.24, 2.45) is 0 Å². The summed E-state index contributed by atoms with van der Waals surface area (Å²) in [5.74, 6) is 0. The Bertz CT molecular complexity index is 124. The van der Waals surface area contributed by atoms with Crippen molar-refractivity contribution in [2.45, 2.75) is 26.3 Å². The van der Waals surface area contributed by atoms with Gasteiger partial charge in [-0.15, -0.1) is 0 Å². The highest BCUT2D eigenvalue weighted by atomic mass is 16.5. The highest BCUT2D eigenvalue weighted by molar-refractivity contribution is 4.66. The topological polar surface area (TPSA) is 24.5 Å². The first-order valence-electron chi connectivity index (χ1n) is 5.36. The summed E-state index contributed by atoms with van der Waals surface area (Å²) in [6, 6.07) is 0.646. The predicted octanol–water partition coefficient (Wildman–Crippen LogP) is 0.707. The number of hydrogen-bond donors (Lipinski definition) is 1. The van der Waals surface area contributed by atoms with Crippen molar-refractivity contribution in [3.8, 4) is 0 Å². The monoisotopic (exact) mass is 186 g/mol. The van der Waals surface area contributed by atoms with Gasteiger partial charge in [0.05, 0.1) is 13.2 Å². The zero-order valence-corrected chi connectivity index (χ0v) is 8.88. The predicted molar refractivity (Wildman–Crippen MR) is 55.0 cm³/mol. The molecule has 78 valence electrons. The first-order chi connectivity index (χ1) is 6.33. The fourth-order valence-corrected chi connectivity index (χ4v) is 1.65. The maximum absolute atomic E-state index is 5.30. The van der Waals surface area contributed by atoms with Crippen molar-refractivity contribution in [1.29, 1.82) is 0 Å². The van der Waals surface area contributed by atoms with Gasteiger partial charge in [-0.2, -0.15) is 0 Å². The number of nitrogens with zero attached hydrogens (tertiary/aromatic N) is 1. The summed E-state index contributed by atoms with van der Waals surface area (Å²) in [7, 11) is 0. The Morgan fingerprint density at radius 2 is 2.08 bits per heavy atom. The summed E-state index contributed by atoms with van der Waals surface area (Å²) in [6.45, 7) is 10.7. The van der Waals surface area contributed by atoms with E-state index >= 15 is 0 Å². The van der Waals surface area contributed by atoms with E-state index < -0.39 is 0 Å². The molecule has 0 saturated carbocycles. The van der Waals surface area contributed by atoms with E-state index in [9.17, 15) is 0 Å². The molecule has 1 saturated heterocycles. The lowest BCUT2D eigenvalue weighted by molar-refractivity contribution is 0.0364. The molecule has 1 aliphatic rings. The van der Waals surface area contributed by atoms with Crippen LogP contribution in [0.5, 0.6) is 0 Å². The summed E-state index contributed by atoms with van der Waals surface area (Å²) in [5.41, 5.74) is 0. The van der Waals surface area contributed by atoms with Gasteiger partial charge in [0.1, 0.15) is 0 Å². The SMILES string of the molecule is CCNC(C)CCN1CCOCC1. The minimum atomic E-state index is 0.646. The molecule has 0 radical (unpaired) electrons. The number of ether oxygens (including phenoxy) is 1. The van der Waals surface area contributed by atoms with Crippen LogP contribution in [0.2, 0.25) is 0 Å². The van der Waals surface area contributed by atoms with Gasteiger partial charge in [0.15, 0.2) is 0 Å². The molecule has 0 aromatic carbocycles. The van der Waals surface area contributed by atoms with Crippen LogP contribution in [0, 0.1) is 0 Å². The van der Waals surface area contributed by atoms with E-state index in [0.717, 1.165) is 32.8 Å². The van der Waals surface area contributed by atoms with Crippen molar-refractivity contribution in [3.05, 3.63) is 0 Å². The third-order valence-corrected chi connectivity index (χ3v) is 2.53. The van der Waals surface area contributed by atoms with Crippen LogP contribution in [0.1, 0.15) is 20.3 Å². The van der Waals surface area contributed by atoms with Gasteiger partial charge in [-0.05, 0) is 26.4 Å². The van der Waals surface area contributed by atoms with Crippen LogP contribution < -0.4 is 5.32 Å². The van der Waals surface area contributed by atoms with E-state index in [0.29, 0.717) is 6.04 Å². The van der Waals surface area contributed by atoms with Gasteiger partial charge >= 0.3 is 0 Å². The quantitative estimate of drug-likeness (QED) is 0.684. The van der Waals surface area contributed by atoms with Gasteiger partial charge in [-0.1, -0.05) is 6.92 Å². The average Bonchev–Trinajstić information content (AvgIpc) is 2.17. The maximum Gasteiger partial charge on any atom is 0.0594 e. The number of nitrogens with one attached hydrogen (secondary N) is 1. The fourth-order valence-electron chi connectivity index (χ4n) is 1.65. The molecule has 0 aromatic heterocycles. The summed E-state index contributed by atoms with van der Waals surface area (Å²) < 4.78 is 5.30. The molecule has 1 heterocycles. The van der Waals surface area contributed by atoms with Crippen LogP contribution in [-0.4, -0.2) is 50.3 Å². The molecule has 1 aliphatic heterocycles. The Morgan fingerprint density at radius 1 is 1.38 bits per heavy atom. The molecule has 1 rings (SSSR count). The van der Waals surface area contributed by atoms with Crippen LogP contribution >= 0.6 is 0 Å². The molecule has 0 aliphatic carbocycles. The van der Waals surface area contributed by atoms with E-state index in [-0.39, 0.29) is 0 Å². The summed E-state index contributed by atoms with van der Waals surface area (Å²) in [4.78, 5) is 2.48. The summed E-state index contributed by atoms with van der Waals surface area (Å²) in [5, 5.41) is 3.43. The number of hydrogen-bond acceptors (Lipinski definition) is 3. The molecule has 1 N–H and O–H groups in total. The van der Waals surface area contributed by atoms with Gasteiger partial charge in [-0.25, -0.2) is 0 Å². The lowest BCUT2D eigenvalue weighted by Gasteiger charge is -2.27. The Labute approximate surface area is 81.4 Å². The molecule has 0 amide bonds. The smallest absolute Gasteiger partial charge is 0.0594 e. The van der Waals surface area contributed by atoms with Gasteiger partial charge in [0.2, 0.25) is 0 Å². The molecule has 3 nitrogen and oxygen atoms in total. The van der Waals surface area contributed by atoms with Crippen molar-refractivity contribution >= 4 is 0 Å². The highest BCUT2D eigenvalue weighted by Crippen LogP contribution is 2.00. The third-order valence-electron chi connectivity index (χ3n) is 2.53. The van der Waals surface area contributed by atoms with Crippen LogP contribution in [0.15, 0.2) is 0 Å². The minimum absolute atomic E-state index is 0.646. The third kappa shape index (κ3) is 4.60. The van der Waals surface area contributed by atoms with Crippen LogP contribution in [-0.2, 0) is 4.74 Å². The van der Waals surface area contributed by atoms with Gasteiger partial charge in [-0.3, -0.25) is 4.90 Å². The molecule has 3 heteroatoms. The maximum atomic E-state index is 5.30. The van der Waals surface area contributed by atoms with E-state index in [4.69, 9.17) is 4.74 Å². The van der Waals surface area contributed by atoms with Crippen molar-refractivity contribution in [2.75, 3.05) is 39.4 Å². The largest absolute Gasteiger partial charge is 0.379 e. The average molecular weight is 186 g/mol. The normalized spacial score (nSPS) is 21.7. The standard InChI is InChI=1S/C10H22N2O/c1-3-11-10(2)4-5-12-6-8-13-9-7-12/h10-11H,3-9H2,1-2H3. The van der Waals surface area contributed by atoms with E-state index in [1.165, 1.54) is 13.0 Å². The lowest BCUT2D eigenvalue weighted by Crippen LogP contribution is -2.39. The molecular weight excluding hydrogens is 164 g/mol. The fraction of sp³-hybridized carbons (Fsp3) is 1.00. The number of rotatable bonds is 5. The Balaban J connectivity index is 2.03. The van der Waals surface area contributed by atoms with Gasteiger partial charge in [0.25, 0.3) is 0 Å². The van der Waals surface area contributed by atoms with Crippen LogP contribution in [0.25, 0.3) is 0 Å². The summed E-state index contributed by atoms with van der Waals surface area (Å²) in [6.07, 6.45) is 1.24. The molecule has 13 heavy (non-hydrogen) atoms. The second-order valence-electron chi connectivity index (χ2n) is 3.70. The molecule has 1 atom stereocenters. The second kappa shape index (κ2) is 6.35. The summed E-state index contributed by atoms with van der Waals surface area (Å²) >= 11 is 0. The Morgan fingerprint density at radius 3 is 2.69 bits per heavy atom. The van der Waals surface area contributed by atoms with Crippen molar-refractivity contribution in [3.63, 3.8) is 0 Å². The molecule has 0 aromatic rings. The van der Waals surface area contributed by atoms with Crippen LogP contribution in [0.3, 0.4) is 0 Å². The van der Waals surface area contributed by atoms with E-state index in [1.807, 2.05) is 0 Å². The van der Waals surface area contributed by atoms with Crippen molar-refractivity contribution in [1.82, 2.24) is 10.2 Å². The minimum Gasteiger partial charge on any atom is -0.379 e.